The van der Waals surface area contributed by atoms with Crippen LogP contribution in [0, 0.1) is 10.1 Å². The Bertz CT molecular complexity index is 1550. The summed E-state index contributed by atoms with van der Waals surface area (Å²) in [5.41, 5.74) is 1.63. The van der Waals surface area contributed by atoms with Crippen LogP contribution in [0.25, 0.3) is 10.9 Å². The van der Waals surface area contributed by atoms with E-state index in [2.05, 4.69) is 41.9 Å². The Morgan fingerprint density at radius 3 is 2.67 bits per heavy atom. The van der Waals surface area contributed by atoms with Crippen molar-refractivity contribution >= 4 is 54.7 Å². The second-order valence-corrected chi connectivity index (χ2v) is 9.41. The molecule has 184 valence electrons. The second-order valence-electron chi connectivity index (χ2n) is 7.64. The van der Waals surface area contributed by atoms with Gasteiger partial charge in [-0.1, -0.05) is 35.0 Å². The molecule has 4 aromatic rings. The number of fused-ring (bicyclic) bond motifs is 1. The fraction of sp³-hybridized carbons (Fsp3) is 0.160. The maximum Gasteiger partial charge on any atom is 0.282 e. The van der Waals surface area contributed by atoms with E-state index in [9.17, 15) is 14.9 Å². The van der Waals surface area contributed by atoms with E-state index in [1.807, 2.05) is 13.0 Å². The number of nitro groups is 1. The molecule has 0 unspecified atom stereocenters. The first-order chi connectivity index (χ1) is 17.3. The first kappa shape index (κ1) is 25.5. The molecule has 9 nitrogen and oxygen atoms in total. The Hall–Kier alpha value is -3.57. The molecule has 1 aromatic heterocycles. The van der Waals surface area contributed by atoms with Crippen LogP contribution >= 0.6 is 31.9 Å². The number of nitrogens with zero attached hydrogens (tertiary/aromatic N) is 4. The maximum atomic E-state index is 13.1. The lowest BCUT2D eigenvalue weighted by Gasteiger charge is -2.13. The highest BCUT2D eigenvalue weighted by Crippen LogP contribution is 2.33. The third kappa shape index (κ3) is 5.47. The van der Waals surface area contributed by atoms with Gasteiger partial charge in [0.2, 0.25) is 0 Å². The highest BCUT2D eigenvalue weighted by Gasteiger charge is 2.13. The van der Waals surface area contributed by atoms with Crippen molar-refractivity contribution in [3.8, 4) is 11.5 Å². The summed E-state index contributed by atoms with van der Waals surface area (Å²) in [5, 5.41) is 15.9. The van der Waals surface area contributed by atoms with E-state index in [0.29, 0.717) is 50.2 Å². The van der Waals surface area contributed by atoms with Gasteiger partial charge in [-0.3, -0.25) is 14.9 Å². The number of aromatic nitrogens is 2. The second kappa shape index (κ2) is 11.0. The third-order valence-electron chi connectivity index (χ3n) is 5.30. The molecule has 0 radical (unpaired) electrons. The molecule has 4 rings (SSSR count). The lowest BCUT2D eigenvalue weighted by Crippen LogP contribution is -2.22. The number of rotatable bonds is 8. The normalized spacial score (nSPS) is 11.2. The van der Waals surface area contributed by atoms with Crippen LogP contribution in [0.15, 0.2) is 73.4 Å². The smallest absolute Gasteiger partial charge is 0.282 e. The molecule has 0 saturated heterocycles. The fourth-order valence-corrected chi connectivity index (χ4v) is 4.29. The highest BCUT2D eigenvalue weighted by molar-refractivity contribution is 9.10. The van der Waals surface area contributed by atoms with Gasteiger partial charge in [-0.15, -0.1) is 0 Å². The molecule has 0 bridgehead atoms. The quantitative estimate of drug-likeness (QED) is 0.139. The summed E-state index contributed by atoms with van der Waals surface area (Å²) < 4.78 is 14.1. The van der Waals surface area contributed by atoms with Crippen LogP contribution in [-0.4, -0.2) is 27.9 Å². The standard InChI is InChI=1S/C25H20Br2N4O5/c1-3-24-29-21-8-7-17(26)11-19(21)25(32)30(24)28-13-16-10-22(35-2)23(12-20(16)27)36-14-15-5-4-6-18(9-15)31(33)34/h4-13H,3,14H2,1-2H3. The fourth-order valence-electron chi connectivity index (χ4n) is 3.51. The van der Waals surface area contributed by atoms with E-state index >= 15 is 0 Å². The molecule has 36 heavy (non-hydrogen) atoms. The van der Waals surface area contributed by atoms with Crippen LogP contribution in [0.3, 0.4) is 0 Å². The number of aryl methyl sites for hydroxylation is 1. The van der Waals surface area contributed by atoms with Crippen molar-refractivity contribution in [2.24, 2.45) is 5.10 Å². The lowest BCUT2D eigenvalue weighted by atomic mass is 10.2. The van der Waals surface area contributed by atoms with Gasteiger partial charge in [0.1, 0.15) is 12.4 Å². The average molecular weight is 616 g/mol. The van der Waals surface area contributed by atoms with Crippen molar-refractivity contribution in [3.63, 3.8) is 0 Å². The van der Waals surface area contributed by atoms with E-state index in [1.165, 1.54) is 23.9 Å². The predicted octanol–water partition coefficient (Wildman–Crippen LogP) is 5.86. The van der Waals surface area contributed by atoms with Gasteiger partial charge in [-0.2, -0.15) is 9.78 Å². The summed E-state index contributed by atoms with van der Waals surface area (Å²) >= 11 is 6.91. The number of hydrogen-bond acceptors (Lipinski definition) is 7. The van der Waals surface area contributed by atoms with Gasteiger partial charge in [0.25, 0.3) is 11.2 Å². The molecule has 0 aliphatic rings. The van der Waals surface area contributed by atoms with Crippen molar-refractivity contribution in [1.29, 1.82) is 0 Å². The molecule has 0 amide bonds. The summed E-state index contributed by atoms with van der Waals surface area (Å²) in [6.07, 6.45) is 2.07. The van der Waals surface area contributed by atoms with Crippen molar-refractivity contribution in [2.75, 3.05) is 7.11 Å². The van der Waals surface area contributed by atoms with Crippen LogP contribution in [0.2, 0.25) is 0 Å². The van der Waals surface area contributed by atoms with Crippen LogP contribution in [0.4, 0.5) is 5.69 Å². The molecule has 0 aliphatic heterocycles. The summed E-state index contributed by atoms with van der Waals surface area (Å²) in [6.45, 7) is 2.02. The van der Waals surface area contributed by atoms with Crippen LogP contribution in [0.1, 0.15) is 23.9 Å². The lowest BCUT2D eigenvalue weighted by molar-refractivity contribution is -0.384. The Morgan fingerprint density at radius 2 is 1.94 bits per heavy atom. The number of benzene rings is 3. The van der Waals surface area contributed by atoms with E-state index in [0.717, 1.165) is 4.47 Å². The van der Waals surface area contributed by atoms with E-state index in [1.54, 1.807) is 42.6 Å². The van der Waals surface area contributed by atoms with Gasteiger partial charge in [0.15, 0.2) is 11.5 Å². The first-order valence-corrected chi connectivity index (χ1v) is 12.4. The van der Waals surface area contributed by atoms with E-state index < -0.39 is 4.92 Å². The van der Waals surface area contributed by atoms with Crippen molar-refractivity contribution in [3.05, 3.63) is 101 Å². The molecule has 3 aromatic carbocycles. The van der Waals surface area contributed by atoms with E-state index in [4.69, 9.17) is 9.47 Å². The molecule has 0 fully saturated rings. The van der Waals surface area contributed by atoms with Crippen LogP contribution < -0.4 is 15.0 Å². The zero-order valence-corrected chi connectivity index (χ0v) is 22.4. The van der Waals surface area contributed by atoms with Crippen molar-refractivity contribution < 1.29 is 14.4 Å². The van der Waals surface area contributed by atoms with Crippen LogP contribution in [0.5, 0.6) is 11.5 Å². The maximum absolute atomic E-state index is 13.1. The van der Waals surface area contributed by atoms with Gasteiger partial charge in [0, 0.05) is 33.1 Å². The number of ether oxygens (including phenoxy) is 2. The molecule has 0 N–H and O–H groups in total. The molecular weight excluding hydrogens is 596 g/mol. The number of hydrogen-bond donors (Lipinski definition) is 0. The minimum atomic E-state index is -0.450. The zero-order chi connectivity index (χ0) is 25.8. The minimum absolute atomic E-state index is 0.00645. The number of halogens is 2. The first-order valence-electron chi connectivity index (χ1n) is 10.8. The Balaban J connectivity index is 1.64. The summed E-state index contributed by atoms with van der Waals surface area (Å²) in [5.74, 6) is 1.41. The SMILES string of the molecule is CCc1nc2ccc(Br)cc2c(=O)n1N=Cc1cc(OC)c(OCc2cccc([N+](=O)[O-])c2)cc1Br. The van der Waals surface area contributed by atoms with Crippen molar-refractivity contribution in [2.45, 2.75) is 20.0 Å². The van der Waals surface area contributed by atoms with Gasteiger partial charge >= 0.3 is 0 Å². The monoisotopic (exact) mass is 614 g/mol. The molecular formula is C25H20Br2N4O5. The molecule has 0 saturated carbocycles. The molecule has 1 heterocycles. The third-order valence-corrected chi connectivity index (χ3v) is 6.48. The van der Waals surface area contributed by atoms with E-state index in [-0.39, 0.29) is 17.9 Å². The van der Waals surface area contributed by atoms with Gasteiger partial charge in [-0.05, 0) is 51.8 Å². The molecule has 11 heteroatoms. The zero-order valence-electron chi connectivity index (χ0n) is 19.3. The van der Waals surface area contributed by atoms with Crippen molar-refractivity contribution in [1.82, 2.24) is 9.66 Å². The number of non-ortho nitro benzene ring substituents is 1. The Kier molecular flexibility index (Phi) is 7.80. The Labute approximate surface area is 222 Å². The molecule has 0 aliphatic carbocycles. The Morgan fingerprint density at radius 1 is 1.14 bits per heavy atom. The van der Waals surface area contributed by atoms with Crippen LogP contribution in [-0.2, 0) is 13.0 Å². The predicted molar refractivity (Wildman–Crippen MR) is 144 cm³/mol. The minimum Gasteiger partial charge on any atom is -0.493 e. The molecule has 0 atom stereocenters. The summed E-state index contributed by atoms with van der Waals surface area (Å²) in [7, 11) is 1.51. The number of methoxy groups -OCH3 is 1. The summed E-state index contributed by atoms with van der Waals surface area (Å²) in [6, 6.07) is 15.0. The average Bonchev–Trinajstić information content (AvgIpc) is 2.88. The largest absolute Gasteiger partial charge is 0.493 e. The van der Waals surface area contributed by atoms with Gasteiger partial charge < -0.3 is 9.47 Å². The highest BCUT2D eigenvalue weighted by atomic mass is 79.9. The number of nitro benzene ring substituents is 1. The molecule has 0 spiro atoms. The topological polar surface area (TPSA) is 109 Å². The summed E-state index contributed by atoms with van der Waals surface area (Å²) in [4.78, 5) is 28.3. The van der Waals surface area contributed by atoms with Gasteiger partial charge in [0.05, 0.1) is 29.2 Å². The van der Waals surface area contributed by atoms with Gasteiger partial charge in [-0.25, -0.2) is 4.98 Å².